The van der Waals surface area contributed by atoms with E-state index in [-0.39, 0.29) is 6.61 Å². The highest BCUT2D eigenvalue weighted by Crippen LogP contribution is 2.36. The number of aliphatic hydroxyl groups excluding tert-OH is 1. The summed E-state index contributed by atoms with van der Waals surface area (Å²) in [5.74, 6) is 1.84. The second kappa shape index (κ2) is 6.82. The molecule has 0 unspecified atom stereocenters. The molecule has 0 aliphatic rings. The van der Waals surface area contributed by atoms with Crippen molar-refractivity contribution >= 4 is 27.5 Å². The van der Waals surface area contributed by atoms with Gasteiger partial charge in [0.25, 0.3) is 0 Å². The second-order valence-electron chi connectivity index (χ2n) is 5.32. The molecule has 0 spiro atoms. The maximum Gasteiger partial charge on any atom is 0.141 e. The summed E-state index contributed by atoms with van der Waals surface area (Å²) in [5, 5.41) is 9.91. The summed E-state index contributed by atoms with van der Waals surface area (Å²) in [6, 6.07) is 9.47. The van der Waals surface area contributed by atoms with E-state index < -0.39 is 0 Å². The fraction of sp³-hybridized carbons (Fsp3) is 0.294. The minimum atomic E-state index is 0.0103. The minimum Gasteiger partial charge on any atom is -0.456 e. The molecule has 2 aromatic rings. The van der Waals surface area contributed by atoms with Crippen molar-refractivity contribution in [3.05, 3.63) is 56.5 Å². The molecule has 0 radical (unpaired) electrons. The van der Waals surface area contributed by atoms with Crippen molar-refractivity contribution in [3.63, 3.8) is 0 Å². The third-order valence-electron chi connectivity index (χ3n) is 3.32. The summed E-state index contributed by atoms with van der Waals surface area (Å²) in [5.41, 5.74) is 2.90. The van der Waals surface area contributed by atoms with E-state index in [9.17, 15) is 0 Å². The smallest absolute Gasteiger partial charge is 0.141 e. The van der Waals surface area contributed by atoms with Gasteiger partial charge in [-0.2, -0.15) is 0 Å². The van der Waals surface area contributed by atoms with Crippen LogP contribution >= 0.6 is 27.5 Å². The summed E-state index contributed by atoms with van der Waals surface area (Å²) in [6.07, 6.45) is 0. The van der Waals surface area contributed by atoms with Crippen LogP contribution in [0.4, 0.5) is 0 Å². The van der Waals surface area contributed by atoms with Crippen LogP contribution in [0.25, 0.3) is 0 Å². The highest BCUT2D eigenvalue weighted by Gasteiger charge is 2.12. The molecule has 112 valence electrons. The monoisotopic (exact) mass is 368 g/mol. The molecule has 1 N–H and O–H groups in total. The lowest BCUT2D eigenvalue weighted by Crippen LogP contribution is -1.95. The Bertz CT molecular complexity index is 653. The Morgan fingerprint density at radius 3 is 2.48 bits per heavy atom. The molecule has 2 aromatic carbocycles. The second-order valence-corrected chi connectivity index (χ2v) is 6.58. The summed E-state index contributed by atoms with van der Waals surface area (Å²) < 4.78 is 6.81. The molecule has 0 bridgehead atoms. The molecule has 4 heteroatoms. The van der Waals surface area contributed by atoms with Gasteiger partial charge in [-0.1, -0.05) is 31.5 Å². The molecule has 0 aromatic heterocycles. The molecule has 0 aliphatic heterocycles. The highest BCUT2D eigenvalue weighted by atomic mass is 79.9. The Morgan fingerprint density at radius 1 is 1.19 bits per heavy atom. The first kappa shape index (κ1) is 16.3. The van der Waals surface area contributed by atoms with E-state index >= 15 is 0 Å². The Labute approximate surface area is 138 Å². The lowest BCUT2D eigenvalue weighted by atomic mass is 10.0. The number of halogens is 2. The van der Waals surface area contributed by atoms with E-state index in [1.807, 2.05) is 37.3 Å². The molecule has 0 saturated heterocycles. The molecule has 0 saturated carbocycles. The average molecular weight is 370 g/mol. The number of benzene rings is 2. The van der Waals surface area contributed by atoms with E-state index in [1.54, 1.807) is 0 Å². The molecule has 0 aliphatic carbocycles. The van der Waals surface area contributed by atoms with Gasteiger partial charge in [0.15, 0.2) is 0 Å². The fourth-order valence-corrected chi connectivity index (χ4v) is 3.01. The van der Waals surface area contributed by atoms with Gasteiger partial charge < -0.3 is 9.84 Å². The highest BCUT2D eigenvalue weighted by molar-refractivity contribution is 9.10. The number of aryl methyl sites for hydroxylation is 1. The van der Waals surface area contributed by atoms with Crippen LogP contribution in [0.2, 0.25) is 5.02 Å². The zero-order valence-corrected chi connectivity index (χ0v) is 14.6. The summed E-state index contributed by atoms with van der Waals surface area (Å²) in [7, 11) is 0. The van der Waals surface area contributed by atoms with Crippen molar-refractivity contribution in [1.82, 2.24) is 0 Å². The number of aliphatic hydroxyl groups is 1. The van der Waals surface area contributed by atoms with Gasteiger partial charge in [0.05, 0.1) is 11.1 Å². The first-order valence-corrected chi connectivity index (χ1v) is 7.96. The number of rotatable bonds is 4. The van der Waals surface area contributed by atoms with Crippen LogP contribution < -0.4 is 4.74 Å². The Balaban J connectivity index is 2.37. The molecular formula is C17H18BrClO2. The van der Waals surface area contributed by atoms with Crippen LogP contribution in [-0.4, -0.2) is 5.11 Å². The molecule has 2 nitrogen and oxygen atoms in total. The summed E-state index contributed by atoms with van der Waals surface area (Å²) in [6.45, 7) is 6.19. The number of ether oxygens (including phenoxy) is 1. The van der Waals surface area contributed by atoms with Gasteiger partial charge in [0, 0.05) is 5.02 Å². The summed E-state index contributed by atoms with van der Waals surface area (Å²) in [4.78, 5) is 0. The number of hydrogen-bond donors (Lipinski definition) is 1. The van der Waals surface area contributed by atoms with Crippen LogP contribution in [0.5, 0.6) is 11.5 Å². The lowest BCUT2D eigenvalue weighted by molar-refractivity contribution is 0.281. The molecule has 21 heavy (non-hydrogen) atoms. The molecule has 2 rings (SSSR count). The SMILES string of the molecule is Cc1cc(Cl)c(C(C)C)cc1Oc1ccc(CO)cc1Br. The van der Waals surface area contributed by atoms with E-state index in [2.05, 4.69) is 29.8 Å². The van der Waals surface area contributed by atoms with Crippen molar-refractivity contribution in [2.75, 3.05) is 0 Å². The Morgan fingerprint density at radius 2 is 1.90 bits per heavy atom. The van der Waals surface area contributed by atoms with Gasteiger partial charge in [-0.05, 0) is 69.7 Å². The van der Waals surface area contributed by atoms with Crippen molar-refractivity contribution in [3.8, 4) is 11.5 Å². The normalized spacial score (nSPS) is 11.0. The predicted molar refractivity (Wildman–Crippen MR) is 90.4 cm³/mol. The maximum atomic E-state index is 9.14. The first-order chi connectivity index (χ1) is 9.92. The van der Waals surface area contributed by atoms with Crippen LogP contribution in [0, 0.1) is 6.92 Å². The lowest BCUT2D eigenvalue weighted by Gasteiger charge is -2.15. The largest absolute Gasteiger partial charge is 0.456 e. The molecule has 0 amide bonds. The third kappa shape index (κ3) is 3.79. The Hall–Kier alpha value is -1.03. The quantitative estimate of drug-likeness (QED) is 0.736. The zero-order chi connectivity index (χ0) is 15.6. The van der Waals surface area contributed by atoms with E-state index in [0.29, 0.717) is 11.7 Å². The zero-order valence-electron chi connectivity index (χ0n) is 12.3. The average Bonchev–Trinajstić information content (AvgIpc) is 2.43. The molecule has 0 atom stereocenters. The van der Waals surface area contributed by atoms with Crippen molar-refractivity contribution in [2.45, 2.75) is 33.3 Å². The molecule has 0 fully saturated rings. The van der Waals surface area contributed by atoms with Gasteiger partial charge in [0.2, 0.25) is 0 Å². The number of hydrogen-bond acceptors (Lipinski definition) is 2. The van der Waals surface area contributed by atoms with Gasteiger partial charge in [-0.3, -0.25) is 0 Å². The van der Waals surface area contributed by atoms with Crippen molar-refractivity contribution in [2.24, 2.45) is 0 Å². The van der Waals surface area contributed by atoms with Crippen LogP contribution in [0.15, 0.2) is 34.8 Å². The molecule has 0 heterocycles. The topological polar surface area (TPSA) is 29.5 Å². The molecular weight excluding hydrogens is 352 g/mol. The van der Waals surface area contributed by atoms with Gasteiger partial charge in [0.1, 0.15) is 11.5 Å². The van der Waals surface area contributed by atoms with Crippen LogP contribution in [0.1, 0.15) is 36.5 Å². The van der Waals surface area contributed by atoms with Crippen molar-refractivity contribution < 1.29 is 9.84 Å². The van der Waals surface area contributed by atoms with E-state index in [4.69, 9.17) is 21.4 Å². The summed E-state index contributed by atoms with van der Waals surface area (Å²) >= 11 is 9.75. The predicted octanol–water partition coefficient (Wildman–Crippen LogP) is 5.82. The maximum absolute atomic E-state index is 9.14. The van der Waals surface area contributed by atoms with Gasteiger partial charge in [-0.25, -0.2) is 0 Å². The van der Waals surface area contributed by atoms with Gasteiger partial charge in [-0.15, -0.1) is 0 Å². The van der Waals surface area contributed by atoms with Crippen molar-refractivity contribution in [1.29, 1.82) is 0 Å². The van der Waals surface area contributed by atoms with Gasteiger partial charge >= 0.3 is 0 Å². The van der Waals surface area contributed by atoms with Crippen LogP contribution in [0.3, 0.4) is 0 Å². The first-order valence-electron chi connectivity index (χ1n) is 6.79. The minimum absolute atomic E-state index is 0.0103. The van der Waals surface area contributed by atoms with Crippen LogP contribution in [-0.2, 0) is 6.61 Å². The van der Waals surface area contributed by atoms with E-state index in [0.717, 1.165) is 31.9 Å². The standard InChI is InChI=1S/C17H18BrClO2/c1-10(2)13-8-17(11(3)6-15(13)19)21-16-5-4-12(9-20)7-14(16)18/h4-8,10,20H,9H2,1-3H3. The third-order valence-corrected chi connectivity index (χ3v) is 4.26. The Kier molecular flexibility index (Phi) is 5.31. The van der Waals surface area contributed by atoms with E-state index in [1.165, 1.54) is 0 Å². The fourth-order valence-electron chi connectivity index (χ4n) is 2.06.